The molecule has 3 N–H and O–H groups in total. The lowest BCUT2D eigenvalue weighted by Crippen LogP contribution is -2.46. The largest absolute Gasteiger partial charge is 0.480 e. The number of hydrogen-bond donors (Lipinski definition) is 3. The van der Waals surface area contributed by atoms with E-state index in [4.69, 9.17) is 9.52 Å². The lowest BCUT2D eigenvalue weighted by Gasteiger charge is -2.17. The third-order valence-electron chi connectivity index (χ3n) is 2.91. The minimum atomic E-state index is -1.04. The van der Waals surface area contributed by atoms with Crippen LogP contribution in [-0.2, 0) is 4.79 Å². The van der Waals surface area contributed by atoms with Crippen molar-refractivity contribution >= 4 is 12.0 Å². The lowest BCUT2D eigenvalue weighted by atomic mass is 10.1. The summed E-state index contributed by atoms with van der Waals surface area (Å²) in [6, 6.07) is 0.234. The minimum Gasteiger partial charge on any atom is -0.480 e. The number of carboxylic acids is 1. The van der Waals surface area contributed by atoms with Gasteiger partial charge in [0.2, 0.25) is 0 Å². The van der Waals surface area contributed by atoms with Crippen LogP contribution in [0.15, 0.2) is 10.5 Å². The van der Waals surface area contributed by atoms with Gasteiger partial charge in [0.1, 0.15) is 17.6 Å². The molecular weight excluding hydrogens is 248 g/mol. The van der Waals surface area contributed by atoms with Gasteiger partial charge in [-0.25, -0.2) is 9.59 Å². The summed E-state index contributed by atoms with van der Waals surface area (Å²) < 4.78 is 5.39. The maximum absolute atomic E-state index is 11.7. The molecule has 1 rings (SSSR count). The number of urea groups is 1. The average molecular weight is 268 g/mol. The second-order valence-electron chi connectivity index (χ2n) is 4.51. The topological polar surface area (TPSA) is 91.6 Å². The molecule has 0 aromatic carbocycles. The summed E-state index contributed by atoms with van der Waals surface area (Å²) in [6.07, 6.45) is 0.334. The molecule has 0 fully saturated rings. The standard InChI is InChI=1S/C13H20N2O4/c1-5-11(12(16)17)15-13(18)14-8(3)10-6-7(2)19-9(10)4/h6,8,11H,5H2,1-4H3,(H,16,17)(H2,14,15,18)/t8?,11-/m1/s1. The maximum Gasteiger partial charge on any atom is 0.326 e. The summed E-state index contributed by atoms with van der Waals surface area (Å²) in [5.74, 6) is 0.481. The van der Waals surface area contributed by atoms with Crippen molar-refractivity contribution in [3.63, 3.8) is 0 Å². The molecule has 0 radical (unpaired) electrons. The molecule has 1 aromatic rings. The number of carbonyl (C=O) groups excluding carboxylic acids is 1. The molecule has 1 heterocycles. The Hall–Kier alpha value is -1.98. The zero-order valence-corrected chi connectivity index (χ0v) is 11.6. The number of amides is 2. The molecule has 0 saturated heterocycles. The van der Waals surface area contributed by atoms with Gasteiger partial charge in [-0.1, -0.05) is 6.92 Å². The average Bonchev–Trinajstić information content (AvgIpc) is 2.65. The van der Waals surface area contributed by atoms with Gasteiger partial charge in [-0.2, -0.15) is 0 Å². The van der Waals surface area contributed by atoms with Crippen LogP contribution < -0.4 is 10.6 Å². The van der Waals surface area contributed by atoms with Crippen LogP contribution in [0, 0.1) is 13.8 Å². The van der Waals surface area contributed by atoms with Crippen molar-refractivity contribution in [1.29, 1.82) is 0 Å². The summed E-state index contributed by atoms with van der Waals surface area (Å²) in [7, 11) is 0. The van der Waals surface area contributed by atoms with Crippen molar-refractivity contribution < 1.29 is 19.1 Å². The summed E-state index contributed by atoms with van der Waals surface area (Å²) in [5.41, 5.74) is 0.885. The molecule has 0 aliphatic heterocycles. The molecule has 0 bridgehead atoms. The molecular formula is C13H20N2O4. The van der Waals surface area contributed by atoms with Gasteiger partial charge in [-0.3, -0.25) is 0 Å². The first kappa shape index (κ1) is 15.1. The van der Waals surface area contributed by atoms with Crippen molar-refractivity contribution in [3.8, 4) is 0 Å². The van der Waals surface area contributed by atoms with Gasteiger partial charge >= 0.3 is 12.0 Å². The highest BCUT2D eigenvalue weighted by molar-refractivity contribution is 5.82. The number of aliphatic carboxylic acids is 1. The second kappa shape index (κ2) is 6.26. The fourth-order valence-corrected chi connectivity index (χ4v) is 1.89. The van der Waals surface area contributed by atoms with Crippen LogP contribution >= 0.6 is 0 Å². The van der Waals surface area contributed by atoms with E-state index in [-0.39, 0.29) is 6.04 Å². The van der Waals surface area contributed by atoms with E-state index in [2.05, 4.69) is 10.6 Å². The molecule has 0 saturated carbocycles. The Morgan fingerprint density at radius 2 is 2.00 bits per heavy atom. The van der Waals surface area contributed by atoms with Gasteiger partial charge in [-0.05, 0) is 33.3 Å². The third-order valence-corrected chi connectivity index (χ3v) is 2.91. The van der Waals surface area contributed by atoms with E-state index in [0.717, 1.165) is 17.1 Å². The fourth-order valence-electron chi connectivity index (χ4n) is 1.89. The predicted molar refractivity (Wildman–Crippen MR) is 70.0 cm³/mol. The Morgan fingerprint density at radius 3 is 2.42 bits per heavy atom. The van der Waals surface area contributed by atoms with Gasteiger partial charge in [0.15, 0.2) is 0 Å². The fraction of sp³-hybridized carbons (Fsp3) is 0.538. The van der Waals surface area contributed by atoms with Crippen LogP contribution in [0.4, 0.5) is 4.79 Å². The van der Waals surface area contributed by atoms with Gasteiger partial charge in [0.25, 0.3) is 0 Å². The number of carbonyl (C=O) groups is 2. The summed E-state index contributed by atoms with van der Waals surface area (Å²) in [6.45, 7) is 7.18. The normalized spacial score (nSPS) is 13.7. The molecule has 0 aliphatic rings. The van der Waals surface area contributed by atoms with Crippen LogP contribution in [0.5, 0.6) is 0 Å². The van der Waals surface area contributed by atoms with Crippen molar-refractivity contribution in [3.05, 3.63) is 23.2 Å². The van der Waals surface area contributed by atoms with Crippen molar-refractivity contribution in [2.45, 2.75) is 46.2 Å². The number of hydrogen-bond acceptors (Lipinski definition) is 3. The van der Waals surface area contributed by atoms with Crippen LogP contribution in [-0.4, -0.2) is 23.1 Å². The quantitative estimate of drug-likeness (QED) is 0.762. The highest BCUT2D eigenvalue weighted by Crippen LogP contribution is 2.20. The number of aryl methyl sites for hydroxylation is 2. The van der Waals surface area contributed by atoms with E-state index in [9.17, 15) is 9.59 Å². The van der Waals surface area contributed by atoms with E-state index >= 15 is 0 Å². The molecule has 106 valence electrons. The Morgan fingerprint density at radius 1 is 1.37 bits per heavy atom. The van der Waals surface area contributed by atoms with Gasteiger partial charge in [0, 0.05) is 5.56 Å². The summed E-state index contributed by atoms with van der Waals surface area (Å²) in [5, 5.41) is 14.0. The highest BCUT2D eigenvalue weighted by atomic mass is 16.4. The molecule has 6 nitrogen and oxygen atoms in total. The minimum absolute atomic E-state index is 0.247. The van der Waals surface area contributed by atoms with E-state index in [1.54, 1.807) is 6.92 Å². The molecule has 0 spiro atoms. The van der Waals surface area contributed by atoms with Crippen LogP contribution in [0.3, 0.4) is 0 Å². The Kier molecular flexibility index (Phi) is 4.97. The van der Waals surface area contributed by atoms with Crippen LogP contribution in [0.1, 0.15) is 43.4 Å². The summed E-state index contributed by atoms with van der Waals surface area (Å²) in [4.78, 5) is 22.5. The van der Waals surface area contributed by atoms with Crippen molar-refractivity contribution in [2.24, 2.45) is 0 Å². The molecule has 1 unspecified atom stereocenters. The molecule has 2 atom stereocenters. The number of carboxylic acid groups (broad SMARTS) is 1. The zero-order chi connectivity index (χ0) is 14.6. The first-order chi connectivity index (χ1) is 8.85. The van der Waals surface area contributed by atoms with E-state index in [1.807, 2.05) is 26.8 Å². The smallest absolute Gasteiger partial charge is 0.326 e. The Bertz CT molecular complexity index is 467. The highest BCUT2D eigenvalue weighted by Gasteiger charge is 2.20. The zero-order valence-electron chi connectivity index (χ0n) is 11.6. The van der Waals surface area contributed by atoms with Crippen molar-refractivity contribution in [2.75, 3.05) is 0 Å². The maximum atomic E-state index is 11.7. The number of rotatable bonds is 5. The van der Waals surface area contributed by atoms with E-state index in [0.29, 0.717) is 6.42 Å². The van der Waals surface area contributed by atoms with E-state index in [1.165, 1.54) is 0 Å². The van der Waals surface area contributed by atoms with Gasteiger partial charge in [-0.15, -0.1) is 0 Å². The Labute approximate surface area is 112 Å². The first-order valence-electron chi connectivity index (χ1n) is 6.21. The monoisotopic (exact) mass is 268 g/mol. The SMILES string of the molecule is CC[C@@H](NC(=O)NC(C)c1cc(C)oc1C)C(=O)O. The summed E-state index contributed by atoms with van der Waals surface area (Å²) >= 11 is 0. The van der Waals surface area contributed by atoms with Crippen LogP contribution in [0.2, 0.25) is 0 Å². The molecule has 1 aromatic heterocycles. The lowest BCUT2D eigenvalue weighted by molar-refractivity contribution is -0.139. The molecule has 0 aliphatic carbocycles. The number of furan rings is 1. The van der Waals surface area contributed by atoms with Crippen molar-refractivity contribution in [1.82, 2.24) is 10.6 Å². The predicted octanol–water partition coefficient (Wildman–Crippen LogP) is 2.12. The second-order valence-corrected chi connectivity index (χ2v) is 4.51. The third kappa shape index (κ3) is 4.01. The van der Waals surface area contributed by atoms with Gasteiger partial charge < -0.3 is 20.2 Å². The van der Waals surface area contributed by atoms with Gasteiger partial charge in [0.05, 0.1) is 6.04 Å². The Balaban J connectivity index is 2.62. The molecule has 6 heteroatoms. The first-order valence-corrected chi connectivity index (χ1v) is 6.21. The number of nitrogens with one attached hydrogen (secondary N) is 2. The molecule has 2 amide bonds. The molecule has 19 heavy (non-hydrogen) atoms. The van der Waals surface area contributed by atoms with E-state index < -0.39 is 18.0 Å². The van der Waals surface area contributed by atoms with Crippen LogP contribution in [0.25, 0.3) is 0 Å².